The molecule has 0 bridgehead atoms. The number of hydrogen-bond donors (Lipinski definition) is 0. The first-order valence-corrected chi connectivity index (χ1v) is 4.84. The molecule has 1 aliphatic heterocycles. The number of rotatable bonds is 1. The lowest BCUT2D eigenvalue weighted by atomic mass is 9.97. The molecule has 70 valence electrons. The van der Waals surface area contributed by atoms with Crippen LogP contribution in [0.5, 0.6) is 0 Å². The Bertz CT molecular complexity index is 448. The van der Waals surface area contributed by atoms with Gasteiger partial charge in [-0.05, 0) is 6.07 Å². The number of halogens is 2. The van der Waals surface area contributed by atoms with Gasteiger partial charge in [-0.25, -0.2) is 4.99 Å². The summed E-state index contributed by atoms with van der Waals surface area (Å²) in [4.78, 5) is 3.19. The van der Waals surface area contributed by atoms with E-state index in [1.165, 1.54) is 0 Å². The minimum Gasteiger partial charge on any atom is -0.239 e. The van der Waals surface area contributed by atoms with Gasteiger partial charge in [-0.2, -0.15) is 5.26 Å². The normalized spacial score (nSPS) is 23.9. The highest BCUT2D eigenvalue weighted by Gasteiger charge is 2.40. The van der Waals surface area contributed by atoms with E-state index in [2.05, 4.69) is 4.99 Å². The number of fused-ring (bicyclic) bond motifs is 1. The van der Waals surface area contributed by atoms with Crippen LogP contribution in [0.3, 0.4) is 0 Å². The van der Waals surface area contributed by atoms with Crippen molar-refractivity contribution in [2.45, 2.75) is 11.3 Å². The van der Waals surface area contributed by atoms with Crippen molar-refractivity contribution >= 4 is 34.1 Å². The largest absolute Gasteiger partial charge is 0.239 e. The van der Waals surface area contributed by atoms with Gasteiger partial charge >= 0.3 is 0 Å². The fourth-order valence-corrected chi connectivity index (χ4v) is 2.01. The number of aliphatic imine (C=N–C) groups is 1. The maximum Gasteiger partial charge on any atom is 0.137 e. The van der Waals surface area contributed by atoms with Crippen LogP contribution in [0.4, 0.5) is 5.69 Å². The lowest BCUT2D eigenvalue weighted by molar-refractivity contribution is 0.859. The second-order valence-electron chi connectivity index (χ2n) is 3.06. The first kappa shape index (κ1) is 9.51. The molecule has 1 unspecified atom stereocenters. The predicted octanol–water partition coefficient (Wildman–Crippen LogP) is 3.32. The molecule has 1 aliphatic rings. The van der Waals surface area contributed by atoms with E-state index >= 15 is 0 Å². The molecule has 0 aliphatic carbocycles. The average molecular weight is 225 g/mol. The summed E-state index contributed by atoms with van der Waals surface area (Å²) in [6.45, 7) is 0. The van der Waals surface area contributed by atoms with Gasteiger partial charge in [0.15, 0.2) is 0 Å². The molecule has 1 heterocycles. The lowest BCUT2D eigenvalue weighted by Gasteiger charge is -2.17. The third-order valence-corrected chi connectivity index (χ3v) is 3.22. The van der Waals surface area contributed by atoms with Gasteiger partial charge in [0.05, 0.1) is 18.2 Å². The van der Waals surface area contributed by atoms with Crippen molar-refractivity contribution in [2.24, 2.45) is 4.99 Å². The number of nitrogens with zero attached hydrogens (tertiary/aromatic N) is 2. The fraction of sp³-hybridized carbons (Fsp3) is 0.200. The topological polar surface area (TPSA) is 36.1 Å². The molecule has 2 nitrogen and oxygen atoms in total. The molecule has 0 radical (unpaired) electrons. The van der Waals surface area contributed by atoms with E-state index in [-0.39, 0.29) is 11.6 Å². The van der Waals surface area contributed by atoms with Crippen molar-refractivity contribution in [1.29, 1.82) is 5.26 Å². The van der Waals surface area contributed by atoms with E-state index in [9.17, 15) is 0 Å². The minimum absolute atomic E-state index is 0.133. The molecule has 14 heavy (non-hydrogen) atoms. The number of alkyl halides is 1. The van der Waals surface area contributed by atoms with Gasteiger partial charge in [-0.15, -0.1) is 11.6 Å². The summed E-state index contributed by atoms with van der Waals surface area (Å²) in [6, 6.07) is 9.42. The summed E-state index contributed by atoms with van der Waals surface area (Å²) in [7, 11) is 0. The van der Waals surface area contributed by atoms with Crippen LogP contribution in [0.25, 0.3) is 0 Å². The highest BCUT2D eigenvalue weighted by Crippen LogP contribution is 2.46. The molecule has 1 aromatic carbocycles. The highest BCUT2D eigenvalue weighted by molar-refractivity contribution is 6.73. The molecule has 0 amide bonds. The molecular formula is C10H6Cl2N2. The molecule has 0 aromatic heterocycles. The molecule has 2 rings (SSSR count). The van der Waals surface area contributed by atoms with Gasteiger partial charge in [0.1, 0.15) is 10.0 Å². The summed E-state index contributed by atoms with van der Waals surface area (Å²) < 4.78 is 0. The fourth-order valence-electron chi connectivity index (χ4n) is 1.49. The minimum atomic E-state index is -0.938. The Morgan fingerprint density at radius 3 is 2.86 bits per heavy atom. The molecule has 0 spiro atoms. The Balaban J connectivity index is 2.57. The van der Waals surface area contributed by atoms with Crippen LogP contribution < -0.4 is 0 Å². The van der Waals surface area contributed by atoms with E-state index in [4.69, 9.17) is 28.5 Å². The van der Waals surface area contributed by atoms with E-state index in [0.29, 0.717) is 0 Å². The second-order valence-corrected chi connectivity index (χ2v) is 4.06. The van der Waals surface area contributed by atoms with Crippen molar-refractivity contribution in [1.82, 2.24) is 0 Å². The van der Waals surface area contributed by atoms with Crippen LogP contribution in [0.1, 0.15) is 12.0 Å². The SMILES string of the molecule is N#CCC1(Cl)C(Cl)=Nc2ccccc21. The first-order chi connectivity index (χ1) is 6.68. The number of para-hydroxylation sites is 1. The van der Waals surface area contributed by atoms with Gasteiger partial charge in [0, 0.05) is 5.56 Å². The average Bonchev–Trinajstić information content (AvgIpc) is 2.41. The standard InChI is InChI=1S/C10H6Cl2N2/c11-9-10(12,5-6-13)7-3-1-2-4-8(7)14-9/h1-4H,5H2. The maximum absolute atomic E-state index is 8.69. The Kier molecular flexibility index (Phi) is 2.22. The van der Waals surface area contributed by atoms with Crippen molar-refractivity contribution in [2.75, 3.05) is 0 Å². The second kappa shape index (κ2) is 3.27. The third kappa shape index (κ3) is 1.21. The molecule has 0 fully saturated rings. The molecule has 0 N–H and O–H groups in total. The van der Waals surface area contributed by atoms with Crippen molar-refractivity contribution in [3.05, 3.63) is 29.8 Å². The lowest BCUT2D eigenvalue weighted by Crippen LogP contribution is -2.21. The summed E-state index contributed by atoms with van der Waals surface area (Å²) in [6.07, 6.45) is 0.133. The van der Waals surface area contributed by atoms with Gasteiger partial charge < -0.3 is 0 Å². The summed E-state index contributed by atoms with van der Waals surface area (Å²) in [5.41, 5.74) is 1.57. The summed E-state index contributed by atoms with van der Waals surface area (Å²) >= 11 is 12.2. The van der Waals surface area contributed by atoms with Gasteiger partial charge in [0.25, 0.3) is 0 Å². The summed E-state index contributed by atoms with van der Waals surface area (Å²) in [5, 5.41) is 8.97. The van der Waals surface area contributed by atoms with Crippen LogP contribution in [-0.4, -0.2) is 5.17 Å². The van der Waals surface area contributed by atoms with Crippen LogP contribution in [-0.2, 0) is 4.87 Å². The van der Waals surface area contributed by atoms with E-state index < -0.39 is 4.87 Å². The first-order valence-electron chi connectivity index (χ1n) is 4.08. The quantitative estimate of drug-likeness (QED) is 0.675. The Hall–Kier alpha value is -1.04. The Morgan fingerprint density at radius 2 is 2.14 bits per heavy atom. The van der Waals surface area contributed by atoms with Crippen LogP contribution >= 0.6 is 23.2 Å². The molecular weight excluding hydrogens is 219 g/mol. The molecule has 1 aromatic rings. The maximum atomic E-state index is 8.69. The predicted molar refractivity (Wildman–Crippen MR) is 57.2 cm³/mol. The van der Waals surface area contributed by atoms with Gasteiger partial charge in [0.2, 0.25) is 0 Å². The Labute approximate surface area is 91.8 Å². The summed E-state index contributed by atoms with van der Waals surface area (Å²) in [5.74, 6) is 0. The number of benzene rings is 1. The zero-order chi connectivity index (χ0) is 10.2. The van der Waals surface area contributed by atoms with E-state index in [1.54, 1.807) is 0 Å². The highest BCUT2D eigenvalue weighted by atomic mass is 35.5. The van der Waals surface area contributed by atoms with Gasteiger partial charge in [-0.1, -0.05) is 29.8 Å². The molecule has 0 saturated heterocycles. The van der Waals surface area contributed by atoms with Crippen LogP contribution in [0.2, 0.25) is 0 Å². The van der Waals surface area contributed by atoms with Crippen LogP contribution in [0, 0.1) is 11.3 Å². The zero-order valence-corrected chi connectivity index (χ0v) is 8.68. The van der Waals surface area contributed by atoms with E-state index in [1.807, 2.05) is 30.3 Å². The number of hydrogen-bond acceptors (Lipinski definition) is 2. The van der Waals surface area contributed by atoms with E-state index in [0.717, 1.165) is 11.3 Å². The molecule has 1 atom stereocenters. The van der Waals surface area contributed by atoms with Crippen molar-refractivity contribution < 1.29 is 0 Å². The smallest absolute Gasteiger partial charge is 0.137 e. The number of nitriles is 1. The van der Waals surface area contributed by atoms with Gasteiger partial charge in [-0.3, -0.25) is 0 Å². The zero-order valence-electron chi connectivity index (χ0n) is 7.17. The van der Waals surface area contributed by atoms with Crippen molar-refractivity contribution in [3.8, 4) is 6.07 Å². The Morgan fingerprint density at radius 1 is 1.43 bits per heavy atom. The van der Waals surface area contributed by atoms with Crippen LogP contribution in [0.15, 0.2) is 29.3 Å². The monoisotopic (exact) mass is 224 g/mol. The van der Waals surface area contributed by atoms with Crippen molar-refractivity contribution in [3.63, 3.8) is 0 Å². The third-order valence-electron chi connectivity index (χ3n) is 2.20. The molecule has 0 saturated carbocycles. The molecule has 4 heteroatoms.